The highest BCUT2D eigenvalue weighted by atomic mass is 32.2. The molecule has 2 aromatic rings. The van der Waals surface area contributed by atoms with Crippen molar-refractivity contribution in [1.29, 1.82) is 5.26 Å². The second kappa shape index (κ2) is 5.68. The Morgan fingerprint density at radius 2 is 2.14 bits per heavy atom. The van der Waals surface area contributed by atoms with Gasteiger partial charge in [0, 0.05) is 24.3 Å². The van der Waals surface area contributed by atoms with E-state index in [0.717, 1.165) is 11.3 Å². The van der Waals surface area contributed by atoms with Gasteiger partial charge < -0.3 is 0 Å². The van der Waals surface area contributed by atoms with E-state index in [1.54, 1.807) is 37.0 Å². The fourth-order valence-corrected chi connectivity index (χ4v) is 3.31. The lowest BCUT2D eigenvalue weighted by atomic mass is 10.1. The van der Waals surface area contributed by atoms with Gasteiger partial charge in [-0.2, -0.15) is 10.4 Å². The number of benzene rings is 1. The summed E-state index contributed by atoms with van der Waals surface area (Å²) < 4.78 is 29.0. The molecule has 0 radical (unpaired) electrons. The number of rotatable bonds is 4. The first-order valence-corrected chi connectivity index (χ1v) is 7.84. The van der Waals surface area contributed by atoms with E-state index >= 15 is 0 Å². The Balaban J connectivity index is 2.29. The monoisotopic (exact) mass is 304 g/mol. The van der Waals surface area contributed by atoms with Crippen molar-refractivity contribution in [2.45, 2.75) is 24.8 Å². The zero-order valence-electron chi connectivity index (χ0n) is 12.0. The molecule has 0 aliphatic carbocycles. The van der Waals surface area contributed by atoms with Crippen LogP contribution in [-0.4, -0.2) is 18.2 Å². The van der Waals surface area contributed by atoms with E-state index in [-0.39, 0.29) is 4.90 Å². The predicted octanol–water partition coefficient (Wildman–Crippen LogP) is 1.64. The number of nitrogens with zero attached hydrogens (tertiary/aromatic N) is 3. The molecule has 0 aliphatic rings. The summed E-state index contributed by atoms with van der Waals surface area (Å²) in [5.74, 6) is 0. The van der Waals surface area contributed by atoms with E-state index in [1.807, 2.05) is 13.0 Å². The maximum absolute atomic E-state index is 12.4. The van der Waals surface area contributed by atoms with Gasteiger partial charge in [0.15, 0.2) is 0 Å². The topological polar surface area (TPSA) is 87.8 Å². The maximum Gasteiger partial charge on any atom is 0.241 e. The highest BCUT2D eigenvalue weighted by Crippen LogP contribution is 2.19. The molecule has 6 nitrogen and oxygen atoms in total. The minimum Gasteiger partial charge on any atom is -0.273 e. The summed E-state index contributed by atoms with van der Waals surface area (Å²) in [6, 6.07) is 7.45. The van der Waals surface area contributed by atoms with Crippen molar-refractivity contribution in [3.8, 4) is 6.07 Å². The van der Waals surface area contributed by atoms with Crippen LogP contribution in [0.15, 0.2) is 35.4 Å². The van der Waals surface area contributed by atoms with Gasteiger partial charge in [-0.25, -0.2) is 13.1 Å². The molecule has 0 saturated carbocycles. The molecule has 0 saturated heterocycles. The SMILES string of the molecule is Cc1c([C@@H](C)NS(=O)(=O)c2cccc(C#N)c2)cnn1C. The van der Waals surface area contributed by atoms with E-state index < -0.39 is 16.1 Å². The minimum absolute atomic E-state index is 0.0787. The zero-order chi connectivity index (χ0) is 15.6. The van der Waals surface area contributed by atoms with Gasteiger partial charge in [-0.1, -0.05) is 6.07 Å². The lowest BCUT2D eigenvalue weighted by Crippen LogP contribution is -2.27. The van der Waals surface area contributed by atoms with Crippen LogP contribution in [0.5, 0.6) is 0 Å². The highest BCUT2D eigenvalue weighted by molar-refractivity contribution is 7.89. The molecule has 0 aliphatic heterocycles. The molecule has 7 heteroatoms. The number of nitrogens with one attached hydrogen (secondary N) is 1. The summed E-state index contributed by atoms with van der Waals surface area (Å²) in [5, 5.41) is 13.0. The Morgan fingerprint density at radius 1 is 1.43 bits per heavy atom. The summed E-state index contributed by atoms with van der Waals surface area (Å²) in [7, 11) is -1.88. The fraction of sp³-hybridized carbons (Fsp3) is 0.286. The second-order valence-electron chi connectivity index (χ2n) is 4.79. The lowest BCUT2D eigenvalue weighted by Gasteiger charge is -2.14. The fourth-order valence-electron chi connectivity index (χ4n) is 2.04. The van der Waals surface area contributed by atoms with Gasteiger partial charge in [-0.3, -0.25) is 4.68 Å². The van der Waals surface area contributed by atoms with Crippen LogP contribution in [0.4, 0.5) is 0 Å². The van der Waals surface area contributed by atoms with Crippen LogP contribution in [0.2, 0.25) is 0 Å². The van der Waals surface area contributed by atoms with Crippen LogP contribution in [0.1, 0.15) is 29.8 Å². The maximum atomic E-state index is 12.4. The van der Waals surface area contributed by atoms with Crippen molar-refractivity contribution >= 4 is 10.0 Å². The Bertz CT molecular complexity index is 803. The lowest BCUT2D eigenvalue weighted by molar-refractivity contribution is 0.566. The third-order valence-corrected chi connectivity index (χ3v) is 4.88. The average Bonchev–Trinajstić information content (AvgIpc) is 2.78. The van der Waals surface area contributed by atoms with Crippen molar-refractivity contribution in [2.24, 2.45) is 7.05 Å². The van der Waals surface area contributed by atoms with Crippen molar-refractivity contribution < 1.29 is 8.42 Å². The predicted molar refractivity (Wildman–Crippen MR) is 77.8 cm³/mol. The van der Waals surface area contributed by atoms with Gasteiger partial charge in [-0.15, -0.1) is 0 Å². The first-order chi connectivity index (χ1) is 9.85. The minimum atomic E-state index is -3.69. The van der Waals surface area contributed by atoms with Gasteiger partial charge >= 0.3 is 0 Å². The van der Waals surface area contributed by atoms with Crippen LogP contribution in [-0.2, 0) is 17.1 Å². The average molecular weight is 304 g/mol. The second-order valence-corrected chi connectivity index (χ2v) is 6.51. The molecule has 0 spiro atoms. The normalized spacial score (nSPS) is 12.9. The molecule has 1 heterocycles. The molecule has 2 rings (SSSR count). The van der Waals surface area contributed by atoms with Gasteiger partial charge in [0.05, 0.1) is 22.7 Å². The number of sulfonamides is 1. The molecule has 0 fully saturated rings. The third kappa shape index (κ3) is 3.12. The molecule has 0 amide bonds. The Kier molecular flexibility index (Phi) is 4.11. The smallest absolute Gasteiger partial charge is 0.241 e. The highest BCUT2D eigenvalue weighted by Gasteiger charge is 2.21. The largest absolute Gasteiger partial charge is 0.273 e. The van der Waals surface area contributed by atoms with Crippen LogP contribution in [0.3, 0.4) is 0 Å². The molecular weight excluding hydrogens is 288 g/mol. The van der Waals surface area contributed by atoms with E-state index in [2.05, 4.69) is 9.82 Å². The molecule has 1 aromatic heterocycles. The van der Waals surface area contributed by atoms with Crippen molar-refractivity contribution in [2.75, 3.05) is 0 Å². The van der Waals surface area contributed by atoms with Crippen LogP contribution in [0, 0.1) is 18.3 Å². The van der Waals surface area contributed by atoms with Gasteiger partial charge in [0.25, 0.3) is 0 Å². The third-order valence-electron chi connectivity index (χ3n) is 3.35. The summed E-state index contributed by atoms with van der Waals surface area (Å²) >= 11 is 0. The van der Waals surface area contributed by atoms with Crippen molar-refractivity contribution in [3.05, 3.63) is 47.3 Å². The molecule has 1 atom stereocenters. The molecular formula is C14H16N4O2S. The number of nitriles is 1. The zero-order valence-corrected chi connectivity index (χ0v) is 12.8. The number of aromatic nitrogens is 2. The molecule has 1 N–H and O–H groups in total. The van der Waals surface area contributed by atoms with Crippen molar-refractivity contribution in [1.82, 2.24) is 14.5 Å². The van der Waals surface area contributed by atoms with E-state index in [0.29, 0.717) is 5.56 Å². The summed E-state index contributed by atoms with van der Waals surface area (Å²) in [6.45, 7) is 3.64. The molecule has 0 bridgehead atoms. The van der Waals surface area contributed by atoms with E-state index in [4.69, 9.17) is 5.26 Å². The summed E-state index contributed by atoms with van der Waals surface area (Å²) in [6.07, 6.45) is 1.65. The summed E-state index contributed by atoms with van der Waals surface area (Å²) in [5.41, 5.74) is 2.02. The van der Waals surface area contributed by atoms with Gasteiger partial charge in [0.2, 0.25) is 10.0 Å². The number of aryl methyl sites for hydroxylation is 1. The molecule has 1 aromatic carbocycles. The first kappa shape index (κ1) is 15.2. The quantitative estimate of drug-likeness (QED) is 0.930. The van der Waals surface area contributed by atoms with Gasteiger partial charge in [-0.05, 0) is 32.0 Å². The Morgan fingerprint density at radius 3 is 2.71 bits per heavy atom. The Labute approximate surface area is 124 Å². The number of hydrogen-bond donors (Lipinski definition) is 1. The Hall–Kier alpha value is -2.17. The van der Waals surface area contributed by atoms with Crippen LogP contribution < -0.4 is 4.72 Å². The van der Waals surface area contributed by atoms with E-state index in [1.165, 1.54) is 12.1 Å². The summed E-state index contributed by atoms with van der Waals surface area (Å²) in [4.78, 5) is 0.0787. The van der Waals surface area contributed by atoms with Crippen LogP contribution >= 0.6 is 0 Å². The molecule has 21 heavy (non-hydrogen) atoms. The molecule has 110 valence electrons. The molecule has 0 unspecified atom stereocenters. The van der Waals surface area contributed by atoms with Gasteiger partial charge in [0.1, 0.15) is 0 Å². The first-order valence-electron chi connectivity index (χ1n) is 6.36. The van der Waals surface area contributed by atoms with Crippen LogP contribution in [0.25, 0.3) is 0 Å². The standard InChI is InChI=1S/C14H16N4O2S/c1-10(14-9-16-18(3)11(14)2)17-21(19,20)13-6-4-5-12(7-13)8-15/h4-7,9-10,17H,1-3H3/t10-/m1/s1. The number of hydrogen-bond acceptors (Lipinski definition) is 4. The van der Waals surface area contributed by atoms with Crippen molar-refractivity contribution in [3.63, 3.8) is 0 Å². The van der Waals surface area contributed by atoms with E-state index in [9.17, 15) is 8.42 Å².